The Kier molecular flexibility index (Phi) is 7.65. The average molecular weight is 581 g/mol. The monoisotopic (exact) mass is 580 g/mol. The van der Waals surface area contributed by atoms with E-state index in [1.165, 1.54) is 0 Å². The minimum Gasteiger partial charge on any atom is -0.482 e. The Hall–Kier alpha value is -4.12. The number of fused-ring (bicyclic) bond motifs is 2. The summed E-state index contributed by atoms with van der Waals surface area (Å²) in [4.78, 5) is 30.5. The van der Waals surface area contributed by atoms with Crippen molar-refractivity contribution in [1.82, 2.24) is 29.3 Å². The van der Waals surface area contributed by atoms with Crippen molar-refractivity contribution in [3.05, 3.63) is 64.8 Å². The highest BCUT2D eigenvalue weighted by molar-refractivity contribution is 6.34. The molecule has 0 fully saturated rings. The van der Waals surface area contributed by atoms with Gasteiger partial charge in [0.2, 0.25) is 0 Å². The van der Waals surface area contributed by atoms with E-state index in [4.69, 9.17) is 26.2 Å². The van der Waals surface area contributed by atoms with E-state index < -0.39 is 17.7 Å². The number of pyridine rings is 2. The fourth-order valence-corrected chi connectivity index (χ4v) is 5.23. The molecule has 5 heterocycles. The summed E-state index contributed by atoms with van der Waals surface area (Å²) < 4.78 is 15.5. The SMILES string of the molecule is Cc1c(-c2cc(O[C@H](C)c3ccccn3)c3c(Cl)cnn3c2)nn2c1CN(C(=O)OC(C)(C)C)[C@@H](CCC(=O)O)C2. The van der Waals surface area contributed by atoms with E-state index in [2.05, 4.69) is 10.1 Å². The van der Waals surface area contributed by atoms with Gasteiger partial charge in [0.25, 0.3) is 0 Å². The molecule has 12 heteroatoms. The second kappa shape index (κ2) is 11.0. The average Bonchev–Trinajstić information content (AvgIpc) is 3.45. The second-order valence-corrected chi connectivity index (χ2v) is 11.6. The maximum absolute atomic E-state index is 13.2. The minimum atomic E-state index is -0.920. The van der Waals surface area contributed by atoms with Crippen LogP contribution in [0.25, 0.3) is 16.8 Å². The number of aliphatic carboxylic acids is 1. The summed E-state index contributed by atoms with van der Waals surface area (Å²) in [5.41, 5.74) is 3.91. The van der Waals surface area contributed by atoms with Gasteiger partial charge >= 0.3 is 12.1 Å². The molecular formula is C29H33ClN6O5. The van der Waals surface area contributed by atoms with Crippen molar-refractivity contribution in [2.24, 2.45) is 0 Å². The van der Waals surface area contributed by atoms with Crippen LogP contribution in [-0.2, 0) is 22.6 Å². The van der Waals surface area contributed by atoms with Crippen LogP contribution in [0.3, 0.4) is 0 Å². The number of carbonyl (C=O) groups excluding carboxylic acids is 1. The summed E-state index contributed by atoms with van der Waals surface area (Å²) in [5, 5.41) is 19.1. The van der Waals surface area contributed by atoms with Gasteiger partial charge in [-0.25, -0.2) is 9.31 Å². The number of hydrogen-bond donors (Lipinski definition) is 1. The zero-order chi connectivity index (χ0) is 29.5. The van der Waals surface area contributed by atoms with Crippen LogP contribution in [0, 0.1) is 6.92 Å². The minimum absolute atomic E-state index is 0.0711. The van der Waals surface area contributed by atoms with Crippen molar-refractivity contribution < 1.29 is 24.2 Å². The van der Waals surface area contributed by atoms with Crippen molar-refractivity contribution in [3.63, 3.8) is 0 Å². The van der Waals surface area contributed by atoms with E-state index in [1.807, 2.05) is 49.0 Å². The molecule has 11 nitrogen and oxygen atoms in total. The fourth-order valence-electron chi connectivity index (χ4n) is 5.01. The molecule has 216 valence electrons. The van der Waals surface area contributed by atoms with Crippen LogP contribution in [0.4, 0.5) is 4.79 Å². The summed E-state index contributed by atoms with van der Waals surface area (Å²) in [6.07, 6.45) is 4.50. The van der Waals surface area contributed by atoms with Crippen LogP contribution in [0.5, 0.6) is 5.75 Å². The molecule has 2 atom stereocenters. The van der Waals surface area contributed by atoms with Gasteiger partial charge in [-0.3, -0.25) is 19.4 Å². The third-order valence-corrected chi connectivity index (χ3v) is 7.27. The van der Waals surface area contributed by atoms with Gasteiger partial charge in [-0.05, 0) is 59.2 Å². The summed E-state index contributed by atoms with van der Waals surface area (Å²) in [5.74, 6) is -0.390. The van der Waals surface area contributed by atoms with E-state index >= 15 is 0 Å². The number of amides is 1. The van der Waals surface area contributed by atoms with E-state index in [0.29, 0.717) is 28.5 Å². The molecule has 0 aliphatic carbocycles. The number of ether oxygens (including phenoxy) is 2. The van der Waals surface area contributed by atoms with Crippen molar-refractivity contribution in [3.8, 4) is 17.0 Å². The number of hydrogen-bond acceptors (Lipinski definition) is 7. The second-order valence-electron chi connectivity index (χ2n) is 11.2. The van der Waals surface area contributed by atoms with Gasteiger partial charge in [0, 0.05) is 29.9 Å². The molecule has 4 aromatic rings. The van der Waals surface area contributed by atoms with Crippen LogP contribution in [-0.4, -0.2) is 58.1 Å². The largest absolute Gasteiger partial charge is 0.482 e. The molecule has 0 saturated heterocycles. The van der Waals surface area contributed by atoms with E-state index in [9.17, 15) is 14.7 Å². The first-order valence-electron chi connectivity index (χ1n) is 13.4. The van der Waals surface area contributed by atoms with Crippen LogP contribution in [0.2, 0.25) is 5.02 Å². The molecule has 4 aromatic heterocycles. The molecule has 1 aliphatic heterocycles. The van der Waals surface area contributed by atoms with Crippen LogP contribution in [0.15, 0.2) is 42.9 Å². The first-order chi connectivity index (χ1) is 19.4. The zero-order valence-electron chi connectivity index (χ0n) is 23.7. The van der Waals surface area contributed by atoms with Gasteiger partial charge in [0.1, 0.15) is 23.0 Å². The van der Waals surface area contributed by atoms with Gasteiger partial charge in [-0.1, -0.05) is 17.7 Å². The number of aromatic nitrogens is 5. The number of carbonyl (C=O) groups is 2. The summed E-state index contributed by atoms with van der Waals surface area (Å²) in [6.45, 7) is 9.88. The van der Waals surface area contributed by atoms with Crippen LogP contribution in [0.1, 0.15) is 63.6 Å². The van der Waals surface area contributed by atoms with Gasteiger partial charge in [-0.15, -0.1) is 0 Å². The number of carboxylic acid groups (broad SMARTS) is 1. The molecule has 0 saturated carbocycles. The normalized spacial score (nSPS) is 16.0. The van der Waals surface area contributed by atoms with Gasteiger partial charge in [0.05, 0.1) is 47.4 Å². The van der Waals surface area contributed by atoms with E-state index in [1.54, 1.807) is 42.6 Å². The highest BCUT2D eigenvalue weighted by Crippen LogP contribution is 2.37. The Morgan fingerprint density at radius 3 is 2.73 bits per heavy atom. The standard InChI is InChI=1S/C29H33ClN6O5/c1-17-23-16-34(28(39)41-29(3,4)5)20(9-10-25(37)38)15-35(23)33-26(17)19-12-24(27-21(30)13-32-36(27)14-19)40-18(2)22-8-6-7-11-31-22/h6-8,11-14,18,20H,9-10,15-16H2,1-5H3,(H,37,38)/t18-,20+/m1/s1. The Balaban J connectivity index is 1.52. The maximum atomic E-state index is 13.2. The molecule has 0 radical (unpaired) electrons. The Morgan fingerprint density at radius 1 is 1.27 bits per heavy atom. The Bertz CT molecular complexity index is 1590. The number of nitrogens with zero attached hydrogens (tertiary/aromatic N) is 6. The van der Waals surface area contributed by atoms with E-state index in [-0.39, 0.29) is 31.5 Å². The molecule has 1 aliphatic rings. The third-order valence-electron chi connectivity index (χ3n) is 7.00. The van der Waals surface area contributed by atoms with Gasteiger partial charge in [-0.2, -0.15) is 10.2 Å². The molecule has 1 N–H and O–H groups in total. The highest BCUT2D eigenvalue weighted by Gasteiger charge is 2.35. The van der Waals surface area contributed by atoms with E-state index in [0.717, 1.165) is 22.5 Å². The molecule has 5 rings (SSSR count). The molecule has 0 bridgehead atoms. The molecule has 0 spiro atoms. The lowest BCUT2D eigenvalue weighted by Gasteiger charge is -2.37. The Morgan fingerprint density at radius 2 is 2.05 bits per heavy atom. The summed E-state index contributed by atoms with van der Waals surface area (Å²) in [6, 6.07) is 7.16. The number of halogens is 1. The lowest BCUT2D eigenvalue weighted by molar-refractivity contribution is -0.137. The quantitative estimate of drug-likeness (QED) is 0.296. The highest BCUT2D eigenvalue weighted by atomic mass is 35.5. The molecule has 41 heavy (non-hydrogen) atoms. The number of carboxylic acids is 1. The predicted molar refractivity (Wildman–Crippen MR) is 152 cm³/mol. The van der Waals surface area contributed by atoms with Gasteiger partial charge in [0.15, 0.2) is 0 Å². The summed E-state index contributed by atoms with van der Waals surface area (Å²) in [7, 11) is 0. The first-order valence-corrected chi connectivity index (χ1v) is 13.8. The van der Waals surface area contributed by atoms with Crippen molar-refractivity contribution in [2.75, 3.05) is 0 Å². The van der Waals surface area contributed by atoms with Crippen molar-refractivity contribution in [1.29, 1.82) is 0 Å². The predicted octanol–water partition coefficient (Wildman–Crippen LogP) is 5.68. The molecule has 0 aromatic carbocycles. The van der Waals surface area contributed by atoms with Crippen molar-refractivity contribution >= 4 is 29.2 Å². The molecular weight excluding hydrogens is 548 g/mol. The number of rotatable bonds is 7. The smallest absolute Gasteiger partial charge is 0.410 e. The topological polar surface area (TPSA) is 124 Å². The summed E-state index contributed by atoms with van der Waals surface area (Å²) >= 11 is 6.49. The molecule has 0 unspecified atom stereocenters. The van der Waals surface area contributed by atoms with Crippen LogP contribution < -0.4 is 4.74 Å². The fraction of sp³-hybridized carbons (Fsp3) is 0.414. The van der Waals surface area contributed by atoms with Gasteiger partial charge < -0.3 is 14.6 Å². The lowest BCUT2D eigenvalue weighted by Crippen LogP contribution is -2.48. The first kappa shape index (κ1) is 28.4. The van der Waals surface area contributed by atoms with Crippen LogP contribution >= 0.6 is 11.6 Å². The Labute approximate surface area is 242 Å². The zero-order valence-corrected chi connectivity index (χ0v) is 24.4. The molecule has 1 amide bonds. The maximum Gasteiger partial charge on any atom is 0.410 e. The third kappa shape index (κ3) is 6.00. The lowest BCUT2D eigenvalue weighted by atomic mass is 10.0. The van der Waals surface area contributed by atoms with Crippen molar-refractivity contribution in [2.45, 2.75) is 78.3 Å².